The Kier molecular flexibility index (Phi) is 4.02. The van der Waals surface area contributed by atoms with Crippen molar-refractivity contribution < 1.29 is 9.15 Å². The molecule has 0 unspecified atom stereocenters. The van der Waals surface area contributed by atoms with Crippen molar-refractivity contribution in [3.8, 4) is 0 Å². The lowest BCUT2D eigenvalue weighted by atomic mass is 10.2. The van der Waals surface area contributed by atoms with E-state index in [4.69, 9.17) is 9.15 Å². The quantitative estimate of drug-likeness (QED) is 0.722. The summed E-state index contributed by atoms with van der Waals surface area (Å²) >= 11 is 0. The summed E-state index contributed by atoms with van der Waals surface area (Å²) in [5, 5.41) is 3.08. The number of rotatable bonds is 7. The van der Waals surface area contributed by atoms with E-state index >= 15 is 0 Å². The number of furan rings is 1. The lowest BCUT2D eigenvalue weighted by Gasteiger charge is -2.01. The highest BCUT2D eigenvalue weighted by molar-refractivity contribution is 5.19. The van der Waals surface area contributed by atoms with Gasteiger partial charge in [0.25, 0.3) is 0 Å². The van der Waals surface area contributed by atoms with Gasteiger partial charge < -0.3 is 14.5 Å². The predicted molar refractivity (Wildman–Crippen MR) is 63.2 cm³/mol. The van der Waals surface area contributed by atoms with Gasteiger partial charge in [-0.3, -0.25) is 0 Å². The van der Waals surface area contributed by atoms with Crippen molar-refractivity contribution in [2.24, 2.45) is 5.92 Å². The van der Waals surface area contributed by atoms with Gasteiger partial charge in [0.2, 0.25) is 0 Å². The number of hydrogen-bond donors (Lipinski definition) is 1. The van der Waals surface area contributed by atoms with Crippen LogP contribution in [-0.4, -0.2) is 13.7 Å². The van der Waals surface area contributed by atoms with Crippen molar-refractivity contribution in [2.45, 2.75) is 39.3 Å². The first kappa shape index (κ1) is 11.7. The third-order valence-corrected chi connectivity index (χ3v) is 3.05. The molecule has 0 spiro atoms. The second-order valence-electron chi connectivity index (χ2n) is 4.61. The smallest absolute Gasteiger partial charge is 0.118 e. The Morgan fingerprint density at radius 1 is 1.50 bits per heavy atom. The van der Waals surface area contributed by atoms with Crippen LogP contribution in [0, 0.1) is 12.8 Å². The monoisotopic (exact) mass is 223 g/mol. The Morgan fingerprint density at radius 2 is 2.31 bits per heavy atom. The molecule has 0 aliphatic heterocycles. The van der Waals surface area contributed by atoms with Crippen molar-refractivity contribution in [1.29, 1.82) is 0 Å². The van der Waals surface area contributed by atoms with E-state index in [0.29, 0.717) is 6.61 Å². The Labute approximate surface area is 97.2 Å². The van der Waals surface area contributed by atoms with Gasteiger partial charge in [-0.1, -0.05) is 12.8 Å². The maximum absolute atomic E-state index is 5.66. The van der Waals surface area contributed by atoms with Gasteiger partial charge in [0.1, 0.15) is 11.5 Å². The number of aryl methyl sites for hydroxylation is 1. The molecule has 1 fully saturated rings. The highest BCUT2D eigenvalue weighted by Crippen LogP contribution is 2.32. The largest absolute Gasteiger partial charge is 0.465 e. The van der Waals surface area contributed by atoms with Crippen LogP contribution in [0.15, 0.2) is 10.5 Å². The summed E-state index contributed by atoms with van der Waals surface area (Å²) in [6.07, 6.45) is 4.03. The van der Waals surface area contributed by atoms with Crippen LogP contribution >= 0.6 is 0 Å². The Hall–Kier alpha value is -0.800. The molecule has 0 saturated heterocycles. The van der Waals surface area contributed by atoms with E-state index < -0.39 is 0 Å². The highest BCUT2D eigenvalue weighted by Gasteiger charge is 2.20. The van der Waals surface area contributed by atoms with Crippen LogP contribution in [0.1, 0.15) is 36.3 Å². The van der Waals surface area contributed by atoms with E-state index in [2.05, 4.69) is 11.4 Å². The summed E-state index contributed by atoms with van der Waals surface area (Å²) in [6.45, 7) is 4.35. The number of hydrogen-bond acceptors (Lipinski definition) is 3. The topological polar surface area (TPSA) is 34.4 Å². The lowest BCUT2D eigenvalue weighted by molar-refractivity contribution is 0.114. The second kappa shape index (κ2) is 5.51. The standard InChI is InChI=1S/C13H21NO2/c1-10-12(7-13(16-10)8-14-2)9-15-6-5-11-3-4-11/h7,11,14H,3-6,8-9H2,1-2H3. The summed E-state index contributed by atoms with van der Waals surface area (Å²) in [7, 11) is 1.92. The molecule has 0 aromatic carbocycles. The molecule has 1 saturated carbocycles. The van der Waals surface area contributed by atoms with Gasteiger partial charge >= 0.3 is 0 Å². The third kappa shape index (κ3) is 3.35. The lowest BCUT2D eigenvalue weighted by Crippen LogP contribution is -2.03. The maximum atomic E-state index is 5.66. The molecular weight excluding hydrogens is 202 g/mol. The van der Waals surface area contributed by atoms with Crippen molar-refractivity contribution >= 4 is 0 Å². The average Bonchev–Trinajstić information content (AvgIpc) is 3.00. The zero-order valence-corrected chi connectivity index (χ0v) is 10.2. The Morgan fingerprint density at radius 3 is 3.00 bits per heavy atom. The molecule has 2 rings (SSSR count). The Bertz CT molecular complexity index is 329. The fourth-order valence-corrected chi connectivity index (χ4v) is 1.83. The minimum absolute atomic E-state index is 0.686. The van der Waals surface area contributed by atoms with Crippen LogP contribution in [-0.2, 0) is 17.9 Å². The van der Waals surface area contributed by atoms with E-state index in [9.17, 15) is 0 Å². The molecule has 1 aromatic rings. The first-order chi connectivity index (χ1) is 7.79. The molecule has 3 nitrogen and oxygen atoms in total. The molecule has 0 atom stereocenters. The fourth-order valence-electron chi connectivity index (χ4n) is 1.83. The fraction of sp³-hybridized carbons (Fsp3) is 0.692. The summed E-state index contributed by atoms with van der Waals surface area (Å²) < 4.78 is 11.3. The van der Waals surface area contributed by atoms with Crippen molar-refractivity contribution in [3.05, 3.63) is 23.2 Å². The predicted octanol–water partition coefficient (Wildman–Crippen LogP) is 2.62. The molecule has 0 amide bonds. The van der Waals surface area contributed by atoms with Gasteiger partial charge in [0.15, 0.2) is 0 Å². The molecule has 90 valence electrons. The third-order valence-electron chi connectivity index (χ3n) is 3.05. The van der Waals surface area contributed by atoms with Gasteiger partial charge in [0, 0.05) is 12.2 Å². The summed E-state index contributed by atoms with van der Waals surface area (Å²) in [4.78, 5) is 0. The van der Waals surface area contributed by atoms with Crippen molar-refractivity contribution in [1.82, 2.24) is 5.32 Å². The number of nitrogens with one attached hydrogen (secondary N) is 1. The summed E-state index contributed by atoms with van der Waals surface area (Å²) in [5.41, 5.74) is 1.18. The molecular formula is C13H21NO2. The normalized spacial score (nSPS) is 15.6. The minimum Gasteiger partial charge on any atom is -0.465 e. The molecule has 0 radical (unpaired) electrons. The van der Waals surface area contributed by atoms with Gasteiger partial charge in [-0.05, 0) is 32.4 Å². The van der Waals surface area contributed by atoms with Crippen LogP contribution in [0.25, 0.3) is 0 Å². The molecule has 1 aliphatic rings. The van der Waals surface area contributed by atoms with Gasteiger partial charge in [-0.15, -0.1) is 0 Å². The van der Waals surface area contributed by atoms with Gasteiger partial charge in [-0.25, -0.2) is 0 Å². The molecule has 0 bridgehead atoms. The van der Waals surface area contributed by atoms with Crippen LogP contribution in [0.2, 0.25) is 0 Å². The van der Waals surface area contributed by atoms with E-state index in [0.717, 1.165) is 30.6 Å². The van der Waals surface area contributed by atoms with Crippen molar-refractivity contribution in [3.63, 3.8) is 0 Å². The molecule has 1 N–H and O–H groups in total. The molecule has 16 heavy (non-hydrogen) atoms. The molecule has 1 aliphatic carbocycles. The SMILES string of the molecule is CNCc1cc(COCCC2CC2)c(C)o1. The van der Waals surface area contributed by atoms with Crippen molar-refractivity contribution in [2.75, 3.05) is 13.7 Å². The highest BCUT2D eigenvalue weighted by atomic mass is 16.5. The van der Waals surface area contributed by atoms with Crippen LogP contribution in [0.5, 0.6) is 0 Å². The zero-order valence-electron chi connectivity index (χ0n) is 10.2. The van der Waals surface area contributed by atoms with Crippen LogP contribution in [0.4, 0.5) is 0 Å². The summed E-state index contributed by atoms with van der Waals surface area (Å²) in [5.74, 6) is 2.92. The first-order valence-electron chi connectivity index (χ1n) is 6.10. The summed E-state index contributed by atoms with van der Waals surface area (Å²) in [6, 6.07) is 2.09. The van der Waals surface area contributed by atoms with Gasteiger partial charge in [0.05, 0.1) is 13.2 Å². The minimum atomic E-state index is 0.686. The first-order valence-corrected chi connectivity index (χ1v) is 6.10. The van der Waals surface area contributed by atoms with E-state index in [-0.39, 0.29) is 0 Å². The average molecular weight is 223 g/mol. The van der Waals surface area contributed by atoms with Crippen LogP contribution in [0.3, 0.4) is 0 Å². The van der Waals surface area contributed by atoms with Gasteiger partial charge in [-0.2, -0.15) is 0 Å². The maximum Gasteiger partial charge on any atom is 0.118 e. The second-order valence-corrected chi connectivity index (χ2v) is 4.61. The molecule has 1 aromatic heterocycles. The number of ether oxygens (including phenoxy) is 1. The van der Waals surface area contributed by atoms with E-state index in [1.165, 1.54) is 24.8 Å². The zero-order chi connectivity index (χ0) is 11.4. The van der Waals surface area contributed by atoms with E-state index in [1.54, 1.807) is 0 Å². The molecule has 1 heterocycles. The Balaban J connectivity index is 1.73. The molecule has 3 heteroatoms. The van der Waals surface area contributed by atoms with Crippen LogP contribution < -0.4 is 5.32 Å². The van der Waals surface area contributed by atoms with E-state index in [1.807, 2.05) is 14.0 Å².